The van der Waals surface area contributed by atoms with E-state index in [2.05, 4.69) is 38.4 Å². The fraction of sp³-hybridized carbons (Fsp3) is 0.176. The van der Waals surface area contributed by atoms with Crippen LogP contribution in [-0.2, 0) is 6.54 Å². The van der Waals surface area contributed by atoms with Crippen LogP contribution in [0.5, 0.6) is 0 Å². The van der Waals surface area contributed by atoms with Gasteiger partial charge < -0.3 is 9.73 Å². The van der Waals surface area contributed by atoms with Gasteiger partial charge in [-0.25, -0.2) is 0 Å². The number of halogens is 2. The van der Waals surface area contributed by atoms with E-state index < -0.39 is 0 Å². The molecule has 1 heterocycles. The first-order valence-electron chi connectivity index (χ1n) is 7.30. The normalized spacial score (nSPS) is 12.3. The maximum Gasteiger partial charge on any atom is 0.271 e. The van der Waals surface area contributed by atoms with Crippen molar-refractivity contribution in [3.05, 3.63) is 69.5 Å². The largest absolute Gasteiger partial charge is 0.415 e. The minimum atomic E-state index is 0.211. The third-order valence-corrected chi connectivity index (χ3v) is 4.65. The molecule has 1 atom stereocenters. The van der Waals surface area contributed by atoms with Crippen LogP contribution < -0.4 is 5.32 Å². The molecular formula is C17H16BrClN3O+. The number of nitrogens with zero attached hydrogens (tertiary/aromatic N) is 2. The Bertz CT molecular complexity index is 806. The molecule has 0 aliphatic carbocycles. The van der Waals surface area contributed by atoms with Crippen molar-refractivity contribution in [1.82, 2.24) is 10.2 Å². The van der Waals surface area contributed by atoms with Crippen molar-refractivity contribution in [2.24, 2.45) is 0 Å². The van der Waals surface area contributed by atoms with Gasteiger partial charge >= 0.3 is 0 Å². The summed E-state index contributed by atoms with van der Waals surface area (Å²) in [6, 6.07) is 15.8. The van der Waals surface area contributed by atoms with Crippen molar-refractivity contribution in [3.63, 3.8) is 0 Å². The summed E-state index contributed by atoms with van der Waals surface area (Å²) in [4.78, 5) is 0. The fourth-order valence-corrected chi connectivity index (χ4v) is 3.09. The van der Waals surface area contributed by atoms with Crippen molar-refractivity contribution in [2.45, 2.75) is 19.5 Å². The Morgan fingerprint density at radius 1 is 1.13 bits per heavy atom. The molecule has 0 aliphatic heterocycles. The van der Waals surface area contributed by atoms with E-state index in [9.17, 15) is 0 Å². The van der Waals surface area contributed by atoms with E-state index >= 15 is 0 Å². The van der Waals surface area contributed by atoms with Gasteiger partial charge in [0.05, 0.1) is 5.56 Å². The van der Waals surface area contributed by atoms with Gasteiger partial charge in [-0.1, -0.05) is 41.9 Å². The summed E-state index contributed by atoms with van der Waals surface area (Å²) in [7, 11) is 0. The summed E-state index contributed by atoms with van der Waals surface area (Å²) in [5.41, 5.74) is 1.99. The van der Waals surface area contributed by atoms with Crippen molar-refractivity contribution in [3.8, 4) is 11.5 Å². The number of hydrogen-bond donors (Lipinski definition) is 1. The zero-order chi connectivity index (χ0) is 16.2. The van der Waals surface area contributed by atoms with Crippen LogP contribution in [0.4, 0.5) is 0 Å². The van der Waals surface area contributed by atoms with Crippen molar-refractivity contribution in [1.29, 1.82) is 0 Å². The molecule has 0 fully saturated rings. The Kier molecular flexibility index (Phi) is 5.10. The van der Waals surface area contributed by atoms with Gasteiger partial charge in [0.2, 0.25) is 5.89 Å². The molecule has 2 aromatic carbocycles. The molecule has 0 unspecified atom stereocenters. The molecule has 23 heavy (non-hydrogen) atoms. The maximum absolute atomic E-state index is 6.23. The Hall–Kier alpha value is -1.69. The van der Waals surface area contributed by atoms with E-state index in [-0.39, 0.29) is 6.04 Å². The van der Waals surface area contributed by atoms with Crippen LogP contribution in [0.3, 0.4) is 0 Å². The highest BCUT2D eigenvalue weighted by molar-refractivity contribution is 9.10. The molecule has 0 saturated heterocycles. The molecule has 118 valence electrons. The lowest BCUT2D eigenvalue weighted by atomic mass is 10.1. The second kappa shape index (κ2) is 7.25. The summed E-state index contributed by atoms with van der Waals surface area (Å²) in [6.07, 6.45) is 0. The predicted molar refractivity (Wildman–Crippen MR) is 92.9 cm³/mol. The summed E-state index contributed by atoms with van der Waals surface area (Å²) in [6.45, 7) is 2.70. The molecule has 3 aromatic rings. The predicted octanol–water partition coefficient (Wildman–Crippen LogP) is 3.98. The third kappa shape index (κ3) is 3.80. The molecule has 0 bridgehead atoms. The lowest BCUT2D eigenvalue weighted by Crippen LogP contribution is -2.83. The van der Waals surface area contributed by atoms with Crippen LogP contribution in [0.1, 0.15) is 24.4 Å². The molecular weight excluding hydrogens is 378 g/mol. The van der Waals surface area contributed by atoms with Gasteiger partial charge in [-0.05, 0) is 41.1 Å². The molecule has 1 aromatic heterocycles. The molecule has 4 nitrogen and oxygen atoms in total. The fourth-order valence-electron chi connectivity index (χ4n) is 2.33. The van der Waals surface area contributed by atoms with E-state index in [0.717, 1.165) is 20.6 Å². The SMILES string of the molecule is C[C@H]([NH2+]Cc1nnc(-c2ccccc2Br)o1)c1ccccc1Cl. The minimum Gasteiger partial charge on any atom is -0.415 e. The number of aromatic nitrogens is 2. The number of benzene rings is 2. The van der Waals surface area contributed by atoms with Gasteiger partial charge in [0.15, 0.2) is 6.54 Å². The van der Waals surface area contributed by atoms with E-state index in [4.69, 9.17) is 16.0 Å². The number of quaternary nitrogens is 1. The van der Waals surface area contributed by atoms with E-state index in [1.807, 2.05) is 48.5 Å². The average Bonchev–Trinajstić information content (AvgIpc) is 3.02. The van der Waals surface area contributed by atoms with Gasteiger partial charge in [0, 0.05) is 15.1 Å². The first-order chi connectivity index (χ1) is 11.1. The highest BCUT2D eigenvalue weighted by Crippen LogP contribution is 2.26. The van der Waals surface area contributed by atoms with Crippen LogP contribution in [0.2, 0.25) is 5.02 Å². The Labute approximate surface area is 148 Å². The maximum atomic E-state index is 6.23. The standard InChI is InChI=1S/C17H15BrClN3O/c1-11(12-6-3-5-9-15(12)19)20-10-16-21-22-17(23-16)13-7-2-4-8-14(13)18/h2-9,11,20H,10H2,1H3/p+1/t11-/m0/s1. The molecule has 0 amide bonds. The smallest absolute Gasteiger partial charge is 0.271 e. The van der Waals surface area contributed by atoms with E-state index in [1.165, 1.54) is 0 Å². The Balaban J connectivity index is 1.68. The van der Waals surface area contributed by atoms with Crippen LogP contribution in [0.15, 0.2) is 57.4 Å². The van der Waals surface area contributed by atoms with Crippen molar-refractivity contribution >= 4 is 27.5 Å². The van der Waals surface area contributed by atoms with Crippen LogP contribution in [0.25, 0.3) is 11.5 Å². The van der Waals surface area contributed by atoms with Gasteiger partial charge in [0.1, 0.15) is 6.04 Å². The third-order valence-electron chi connectivity index (χ3n) is 3.61. The van der Waals surface area contributed by atoms with Crippen molar-refractivity contribution < 1.29 is 9.73 Å². The quantitative estimate of drug-likeness (QED) is 0.713. The second-order valence-corrected chi connectivity index (χ2v) is 6.49. The first kappa shape index (κ1) is 16.2. The summed E-state index contributed by atoms with van der Waals surface area (Å²) in [5.74, 6) is 1.11. The molecule has 0 aliphatic rings. The Morgan fingerprint density at radius 2 is 1.87 bits per heavy atom. The summed E-state index contributed by atoms with van der Waals surface area (Å²) < 4.78 is 6.68. The zero-order valence-corrected chi connectivity index (χ0v) is 14.9. The van der Waals surface area contributed by atoms with Gasteiger partial charge in [0.25, 0.3) is 5.89 Å². The number of rotatable bonds is 5. The number of hydrogen-bond acceptors (Lipinski definition) is 3. The van der Waals surface area contributed by atoms with Crippen LogP contribution in [0, 0.1) is 0 Å². The summed E-state index contributed by atoms with van der Waals surface area (Å²) >= 11 is 9.72. The second-order valence-electron chi connectivity index (χ2n) is 5.23. The van der Waals surface area contributed by atoms with Crippen molar-refractivity contribution in [2.75, 3.05) is 0 Å². The monoisotopic (exact) mass is 392 g/mol. The Morgan fingerprint density at radius 3 is 2.65 bits per heavy atom. The highest BCUT2D eigenvalue weighted by atomic mass is 79.9. The highest BCUT2D eigenvalue weighted by Gasteiger charge is 2.16. The summed E-state index contributed by atoms with van der Waals surface area (Å²) in [5, 5.41) is 11.1. The molecule has 0 spiro atoms. The van der Waals surface area contributed by atoms with Gasteiger partial charge in [-0.15, -0.1) is 10.2 Å². The molecule has 6 heteroatoms. The topological polar surface area (TPSA) is 55.5 Å². The number of nitrogens with two attached hydrogens (primary N) is 1. The lowest BCUT2D eigenvalue weighted by molar-refractivity contribution is -0.709. The molecule has 0 saturated carbocycles. The van der Waals surface area contributed by atoms with Crippen LogP contribution in [-0.4, -0.2) is 10.2 Å². The van der Waals surface area contributed by atoms with Crippen LogP contribution >= 0.6 is 27.5 Å². The molecule has 2 N–H and O–H groups in total. The van der Waals surface area contributed by atoms with E-state index in [1.54, 1.807) is 0 Å². The first-order valence-corrected chi connectivity index (χ1v) is 8.47. The lowest BCUT2D eigenvalue weighted by Gasteiger charge is -2.10. The average molecular weight is 394 g/mol. The molecule has 0 radical (unpaired) electrons. The van der Waals surface area contributed by atoms with E-state index in [0.29, 0.717) is 18.3 Å². The molecule has 3 rings (SSSR count). The minimum absolute atomic E-state index is 0.211. The zero-order valence-electron chi connectivity index (χ0n) is 12.5. The van der Waals surface area contributed by atoms with Gasteiger partial charge in [-0.3, -0.25) is 0 Å². The van der Waals surface area contributed by atoms with Gasteiger partial charge in [-0.2, -0.15) is 0 Å².